The first-order valence-electron chi connectivity index (χ1n) is 10.5. The molecule has 1 aliphatic heterocycles. The zero-order valence-electron chi connectivity index (χ0n) is 19.0. The van der Waals surface area contributed by atoms with Gasteiger partial charge in [0.15, 0.2) is 8.32 Å². The van der Waals surface area contributed by atoms with Crippen LogP contribution >= 0.6 is 0 Å². The van der Waals surface area contributed by atoms with Gasteiger partial charge in [-0.3, -0.25) is 4.90 Å². The molecule has 0 aromatic heterocycles. The maximum atomic E-state index is 12.8. The van der Waals surface area contributed by atoms with Crippen LogP contribution < -0.4 is 10.1 Å². The van der Waals surface area contributed by atoms with Crippen molar-refractivity contribution in [3.8, 4) is 5.75 Å². The van der Waals surface area contributed by atoms with Crippen molar-refractivity contribution in [3.63, 3.8) is 0 Å². The first kappa shape index (κ1) is 26.9. The van der Waals surface area contributed by atoms with Crippen LogP contribution in [0.2, 0.25) is 18.1 Å². The molecule has 0 amide bonds. The maximum Gasteiger partial charge on any atom is 0.573 e. The molecule has 1 aliphatic rings. The third-order valence-corrected chi connectivity index (χ3v) is 10.5. The lowest BCUT2D eigenvalue weighted by Crippen LogP contribution is -2.45. The highest BCUT2D eigenvalue weighted by Crippen LogP contribution is 2.38. The van der Waals surface area contributed by atoms with E-state index in [4.69, 9.17) is 4.43 Å². The Labute approximate surface area is 186 Å². The molecule has 1 heterocycles. The fourth-order valence-corrected chi connectivity index (χ4v) is 4.75. The van der Waals surface area contributed by atoms with Crippen molar-refractivity contribution in [1.29, 1.82) is 0 Å². The van der Waals surface area contributed by atoms with Crippen molar-refractivity contribution in [2.24, 2.45) is 0 Å². The first-order chi connectivity index (χ1) is 14.5. The largest absolute Gasteiger partial charge is 0.573 e. The lowest BCUT2D eigenvalue weighted by atomic mass is 10.1. The van der Waals surface area contributed by atoms with Gasteiger partial charge in [0.1, 0.15) is 5.75 Å². The SMILES string of the molecule is CC(C)(C)[Si](C)(C)O[C@H]1CCN(CC(NCC(F)(F)F)c2cccc(OC(F)(F)F)c2)C1. The van der Waals surface area contributed by atoms with E-state index in [1.807, 2.05) is 4.90 Å². The van der Waals surface area contributed by atoms with Crippen LogP contribution in [0.3, 0.4) is 0 Å². The number of benzene rings is 1. The number of likely N-dealkylation sites (tertiary alicyclic amines) is 1. The lowest BCUT2D eigenvalue weighted by molar-refractivity contribution is -0.274. The molecule has 2 atom stereocenters. The normalized spacial score (nSPS) is 19.9. The zero-order valence-corrected chi connectivity index (χ0v) is 20.0. The number of alkyl halides is 6. The Hall–Kier alpha value is -1.30. The Balaban J connectivity index is 2.11. The van der Waals surface area contributed by atoms with Gasteiger partial charge in [-0.1, -0.05) is 32.9 Å². The van der Waals surface area contributed by atoms with Gasteiger partial charge in [-0.15, -0.1) is 13.2 Å². The van der Waals surface area contributed by atoms with Crippen LogP contribution in [-0.4, -0.2) is 58.0 Å². The van der Waals surface area contributed by atoms with Gasteiger partial charge in [0.05, 0.1) is 12.6 Å². The molecule has 184 valence electrons. The number of hydrogen-bond acceptors (Lipinski definition) is 4. The van der Waals surface area contributed by atoms with Crippen LogP contribution in [0.25, 0.3) is 0 Å². The summed E-state index contributed by atoms with van der Waals surface area (Å²) in [6.45, 7) is 10.9. The summed E-state index contributed by atoms with van der Waals surface area (Å²) >= 11 is 0. The second-order valence-corrected chi connectivity index (χ2v) is 14.5. The highest BCUT2D eigenvalue weighted by molar-refractivity contribution is 6.74. The molecule has 2 rings (SSSR count). The summed E-state index contributed by atoms with van der Waals surface area (Å²) in [6, 6.07) is 4.26. The molecular formula is C21H32F6N2O2Si. The summed E-state index contributed by atoms with van der Waals surface area (Å²) < 4.78 is 86.6. The van der Waals surface area contributed by atoms with Crippen molar-refractivity contribution in [1.82, 2.24) is 10.2 Å². The topological polar surface area (TPSA) is 33.7 Å². The monoisotopic (exact) mass is 486 g/mol. The molecule has 1 unspecified atom stereocenters. The standard InChI is InChI=1S/C21H32F6N2O2Si/c1-19(2,3)32(4,5)31-17-9-10-29(12-17)13-18(28-14-20(22,23)24)15-7-6-8-16(11-15)30-21(25,26)27/h6-8,11,17-18,28H,9-10,12-14H2,1-5H3/t17-,18?/m0/s1. The van der Waals surface area contributed by atoms with Crippen molar-refractivity contribution in [2.75, 3.05) is 26.2 Å². The van der Waals surface area contributed by atoms with Crippen LogP contribution in [0.1, 0.15) is 38.8 Å². The van der Waals surface area contributed by atoms with E-state index < -0.39 is 39.2 Å². The van der Waals surface area contributed by atoms with Crippen LogP contribution in [0, 0.1) is 0 Å². The quantitative estimate of drug-likeness (QED) is 0.368. The van der Waals surface area contributed by atoms with Crippen molar-refractivity contribution < 1.29 is 35.5 Å². The minimum Gasteiger partial charge on any atom is -0.413 e. The fourth-order valence-electron chi connectivity index (χ4n) is 3.37. The molecule has 0 spiro atoms. The second kappa shape index (κ2) is 9.90. The van der Waals surface area contributed by atoms with Crippen LogP contribution in [0.5, 0.6) is 5.75 Å². The smallest absolute Gasteiger partial charge is 0.413 e. The first-order valence-corrected chi connectivity index (χ1v) is 13.4. The molecule has 4 nitrogen and oxygen atoms in total. The van der Waals surface area contributed by atoms with E-state index in [1.54, 1.807) is 0 Å². The lowest BCUT2D eigenvalue weighted by Gasteiger charge is -2.38. The number of nitrogens with zero attached hydrogens (tertiary/aromatic N) is 1. The number of hydrogen-bond donors (Lipinski definition) is 1. The Morgan fingerprint density at radius 3 is 2.34 bits per heavy atom. The molecule has 0 saturated carbocycles. The minimum absolute atomic E-state index is 0.0148. The number of halogens is 6. The number of rotatable bonds is 8. The summed E-state index contributed by atoms with van der Waals surface area (Å²) in [7, 11) is -1.99. The summed E-state index contributed by atoms with van der Waals surface area (Å²) in [4.78, 5) is 1.99. The Bertz CT molecular complexity index is 749. The molecule has 1 saturated heterocycles. The Morgan fingerprint density at radius 2 is 1.78 bits per heavy atom. The Morgan fingerprint density at radius 1 is 1.12 bits per heavy atom. The van der Waals surface area contributed by atoms with Gasteiger partial charge < -0.3 is 14.5 Å². The van der Waals surface area contributed by atoms with Crippen molar-refractivity contribution in [3.05, 3.63) is 29.8 Å². The predicted octanol–water partition coefficient (Wildman–Crippen LogP) is 5.87. The summed E-state index contributed by atoms with van der Waals surface area (Å²) in [5, 5.41) is 2.48. The zero-order chi connectivity index (χ0) is 24.4. The molecule has 1 aromatic carbocycles. The highest BCUT2D eigenvalue weighted by Gasteiger charge is 2.41. The molecule has 1 aromatic rings. The van der Waals surface area contributed by atoms with E-state index in [0.717, 1.165) is 18.6 Å². The molecular weight excluding hydrogens is 454 g/mol. The van der Waals surface area contributed by atoms with Crippen LogP contribution in [0.15, 0.2) is 24.3 Å². The number of ether oxygens (including phenoxy) is 1. The van der Waals surface area contributed by atoms with Crippen LogP contribution in [0.4, 0.5) is 26.3 Å². The van der Waals surface area contributed by atoms with E-state index in [9.17, 15) is 26.3 Å². The molecule has 1 N–H and O–H groups in total. The average molecular weight is 487 g/mol. The Kier molecular flexibility index (Phi) is 8.34. The molecule has 0 bridgehead atoms. The minimum atomic E-state index is -4.88. The molecule has 11 heteroatoms. The maximum absolute atomic E-state index is 12.8. The van der Waals surface area contributed by atoms with Gasteiger partial charge in [0, 0.05) is 25.7 Å². The van der Waals surface area contributed by atoms with E-state index in [2.05, 4.69) is 43.9 Å². The summed E-state index contributed by atoms with van der Waals surface area (Å²) in [5.74, 6) is -0.464. The third kappa shape index (κ3) is 8.57. The van der Waals surface area contributed by atoms with Crippen molar-refractivity contribution >= 4 is 8.32 Å². The van der Waals surface area contributed by atoms with Gasteiger partial charge in [-0.25, -0.2) is 0 Å². The highest BCUT2D eigenvalue weighted by atomic mass is 28.4. The average Bonchev–Trinajstić information content (AvgIpc) is 3.01. The second-order valence-electron chi connectivity index (χ2n) is 9.72. The van der Waals surface area contributed by atoms with E-state index in [0.29, 0.717) is 18.7 Å². The molecule has 0 radical (unpaired) electrons. The van der Waals surface area contributed by atoms with Gasteiger partial charge in [0.25, 0.3) is 0 Å². The number of nitrogens with one attached hydrogen (secondary N) is 1. The van der Waals surface area contributed by atoms with E-state index in [-0.39, 0.29) is 17.7 Å². The predicted molar refractivity (Wildman–Crippen MR) is 113 cm³/mol. The van der Waals surface area contributed by atoms with Gasteiger partial charge in [-0.2, -0.15) is 13.2 Å². The summed E-state index contributed by atoms with van der Waals surface area (Å²) in [6.07, 6.45) is -8.58. The molecule has 32 heavy (non-hydrogen) atoms. The van der Waals surface area contributed by atoms with Crippen molar-refractivity contribution in [2.45, 2.75) is 70.0 Å². The fraction of sp³-hybridized carbons (Fsp3) is 0.714. The third-order valence-electron chi connectivity index (χ3n) is 5.98. The van der Waals surface area contributed by atoms with Gasteiger partial charge in [-0.05, 0) is 42.2 Å². The molecule has 0 aliphatic carbocycles. The van der Waals surface area contributed by atoms with E-state index >= 15 is 0 Å². The van der Waals surface area contributed by atoms with Gasteiger partial charge in [0.2, 0.25) is 0 Å². The van der Waals surface area contributed by atoms with E-state index in [1.165, 1.54) is 12.1 Å². The van der Waals surface area contributed by atoms with Crippen LogP contribution in [-0.2, 0) is 4.43 Å². The molecule has 1 fully saturated rings. The van der Waals surface area contributed by atoms with Gasteiger partial charge >= 0.3 is 12.5 Å². The summed E-state index contributed by atoms with van der Waals surface area (Å²) in [5.41, 5.74) is 0.296.